The highest BCUT2D eigenvalue weighted by Crippen LogP contribution is 2.37. The van der Waals surface area contributed by atoms with Crippen LogP contribution in [-0.4, -0.2) is 11.8 Å². The fourth-order valence-electron chi connectivity index (χ4n) is 1.86. The van der Waals surface area contributed by atoms with E-state index in [4.69, 9.17) is 0 Å². The number of aromatic hydroxyl groups is 1. The van der Waals surface area contributed by atoms with Crippen molar-refractivity contribution in [2.24, 2.45) is 4.99 Å². The first kappa shape index (κ1) is 9.71. The van der Waals surface area contributed by atoms with Gasteiger partial charge in [0.25, 0.3) is 0 Å². The molecule has 0 aliphatic heterocycles. The number of aliphatic imine (C=N–C) groups is 1. The van der Waals surface area contributed by atoms with Gasteiger partial charge in [-0.05, 0) is 43.1 Å². The number of phenolic OH excluding ortho intramolecular Hbond substituents is 1. The molecule has 0 aliphatic rings. The van der Waals surface area contributed by atoms with Crippen molar-refractivity contribution in [1.82, 2.24) is 0 Å². The first-order valence-corrected chi connectivity index (χ1v) is 4.83. The van der Waals surface area contributed by atoms with Crippen LogP contribution >= 0.6 is 0 Å². The second-order valence-electron chi connectivity index (χ2n) is 3.71. The van der Waals surface area contributed by atoms with Gasteiger partial charge in [0.2, 0.25) is 0 Å². The van der Waals surface area contributed by atoms with Gasteiger partial charge in [-0.25, -0.2) is 0 Å². The number of phenols is 1. The zero-order valence-corrected chi connectivity index (χ0v) is 8.91. The van der Waals surface area contributed by atoms with Crippen molar-refractivity contribution in [3.8, 4) is 5.75 Å². The summed E-state index contributed by atoms with van der Waals surface area (Å²) < 4.78 is 0. The van der Waals surface area contributed by atoms with Gasteiger partial charge in [-0.1, -0.05) is 18.2 Å². The summed E-state index contributed by atoms with van der Waals surface area (Å²) in [5.74, 6) is 0.265. The Morgan fingerprint density at radius 3 is 2.40 bits per heavy atom. The Kier molecular flexibility index (Phi) is 2.19. The maximum absolute atomic E-state index is 9.84. The largest absolute Gasteiger partial charge is 0.507 e. The van der Waals surface area contributed by atoms with E-state index in [0.717, 1.165) is 27.6 Å². The molecule has 0 saturated heterocycles. The Labute approximate surface area is 88.9 Å². The lowest BCUT2D eigenvalue weighted by molar-refractivity contribution is 0.481. The van der Waals surface area contributed by atoms with E-state index in [-0.39, 0.29) is 5.75 Å². The lowest BCUT2D eigenvalue weighted by Gasteiger charge is -2.09. The maximum atomic E-state index is 9.84. The second-order valence-corrected chi connectivity index (χ2v) is 3.71. The Balaban J connectivity index is 3.03. The lowest BCUT2D eigenvalue weighted by Crippen LogP contribution is -1.83. The fourth-order valence-corrected chi connectivity index (χ4v) is 1.86. The molecule has 76 valence electrons. The molecule has 2 aromatic carbocycles. The van der Waals surface area contributed by atoms with Gasteiger partial charge >= 0.3 is 0 Å². The summed E-state index contributed by atoms with van der Waals surface area (Å²) >= 11 is 0. The van der Waals surface area contributed by atoms with Crippen molar-refractivity contribution in [3.63, 3.8) is 0 Å². The van der Waals surface area contributed by atoms with Crippen molar-refractivity contribution >= 4 is 23.2 Å². The van der Waals surface area contributed by atoms with Crippen LogP contribution in [0.4, 0.5) is 5.69 Å². The molecule has 0 amide bonds. The van der Waals surface area contributed by atoms with Crippen LogP contribution in [0.2, 0.25) is 0 Å². The van der Waals surface area contributed by atoms with Crippen LogP contribution in [0.1, 0.15) is 11.1 Å². The molecule has 0 saturated carbocycles. The van der Waals surface area contributed by atoms with Crippen molar-refractivity contribution in [2.45, 2.75) is 13.8 Å². The summed E-state index contributed by atoms with van der Waals surface area (Å²) in [6.45, 7) is 7.53. The molecule has 0 radical (unpaired) electrons. The minimum absolute atomic E-state index is 0.265. The summed E-state index contributed by atoms with van der Waals surface area (Å²) in [7, 11) is 0. The third-order valence-corrected chi connectivity index (χ3v) is 2.71. The third-order valence-electron chi connectivity index (χ3n) is 2.71. The molecule has 2 rings (SSSR count). The van der Waals surface area contributed by atoms with E-state index in [9.17, 15) is 5.11 Å². The molecule has 0 spiro atoms. The van der Waals surface area contributed by atoms with Gasteiger partial charge in [-0.15, -0.1) is 0 Å². The third kappa shape index (κ3) is 1.38. The van der Waals surface area contributed by atoms with Crippen LogP contribution in [0.5, 0.6) is 5.75 Å². The van der Waals surface area contributed by atoms with Crippen molar-refractivity contribution in [1.29, 1.82) is 0 Å². The summed E-state index contributed by atoms with van der Waals surface area (Å²) in [4.78, 5) is 3.99. The minimum Gasteiger partial charge on any atom is -0.507 e. The number of nitrogens with zero attached hydrogens (tertiary/aromatic N) is 1. The average Bonchev–Trinajstić information content (AvgIpc) is 2.23. The molecule has 0 fully saturated rings. The Morgan fingerprint density at radius 1 is 1.07 bits per heavy atom. The van der Waals surface area contributed by atoms with Crippen LogP contribution in [0.3, 0.4) is 0 Å². The zero-order chi connectivity index (χ0) is 11.0. The molecule has 1 N–H and O–H groups in total. The summed E-state index contributed by atoms with van der Waals surface area (Å²) in [5, 5.41) is 11.7. The Morgan fingerprint density at radius 2 is 1.73 bits per heavy atom. The smallest absolute Gasteiger partial charge is 0.125 e. The number of fused-ring (bicyclic) bond motifs is 1. The predicted octanol–water partition coefficient (Wildman–Crippen LogP) is 3.49. The van der Waals surface area contributed by atoms with E-state index >= 15 is 0 Å². The standard InChI is InChI=1S/C13H13NO/c1-8-5-7-11(15)12-10(8)6-4-9(2)13(12)14-3/h4-7,15H,3H2,1-2H3. The predicted molar refractivity (Wildman–Crippen MR) is 64.3 cm³/mol. The van der Waals surface area contributed by atoms with Crippen LogP contribution < -0.4 is 0 Å². The highest BCUT2D eigenvalue weighted by molar-refractivity contribution is 6.00. The van der Waals surface area contributed by atoms with E-state index in [1.165, 1.54) is 0 Å². The number of hydrogen-bond acceptors (Lipinski definition) is 2. The van der Waals surface area contributed by atoms with Gasteiger partial charge in [0.05, 0.1) is 5.69 Å². The van der Waals surface area contributed by atoms with Gasteiger partial charge < -0.3 is 5.11 Å². The highest BCUT2D eigenvalue weighted by atomic mass is 16.3. The maximum Gasteiger partial charge on any atom is 0.125 e. The molecule has 0 aromatic heterocycles. The van der Waals surface area contributed by atoms with Gasteiger partial charge in [0, 0.05) is 5.39 Å². The normalized spacial score (nSPS) is 10.5. The van der Waals surface area contributed by atoms with Crippen molar-refractivity contribution in [2.75, 3.05) is 0 Å². The molecular formula is C13H13NO. The Bertz CT molecular complexity index is 544. The van der Waals surface area contributed by atoms with Crippen LogP contribution in [0, 0.1) is 13.8 Å². The summed E-state index contributed by atoms with van der Waals surface area (Å²) in [6, 6.07) is 7.61. The van der Waals surface area contributed by atoms with E-state index in [2.05, 4.69) is 11.7 Å². The Hall–Kier alpha value is -1.83. The van der Waals surface area contributed by atoms with Gasteiger partial charge in [0.1, 0.15) is 5.75 Å². The molecule has 0 aliphatic carbocycles. The molecule has 15 heavy (non-hydrogen) atoms. The zero-order valence-electron chi connectivity index (χ0n) is 8.91. The number of aryl methyl sites for hydroxylation is 2. The van der Waals surface area contributed by atoms with Crippen LogP contribution in [0.15, 0.2) is 29.3 Å². The molecule has 2 aromatic rings. The minimum atomic E-state index is 0.265. The van der Waals surface area contributed by atoms with Crippen LogP contribution in [-0.2, 0) is 0 Å². The van der Waals surface area contributed by atoms with Crippen molar-refractivity contribution < 1.29 is 5.11 Å². The first-order valence-electron chi connectivity index (χ1n) is 4.83. The van der Waals surface area contributed by atoms with Crippen LogP contribution in [0.25, 0.3) is 10.8 Å². The fraction of sp³-hybridized carbons (Fsp3) is 0.154. The van der Waals surface area contributed by atoms with Gasteiger partial charge in [0.15, 0.2) is 0 Å². The molecule has 2 nitrogen and oxygen atoms in total. The van der Waals surface area contributed by atoms with E-state index in [1.54, 1.807) is 6.07 Å². The highest BCUT2D eigenvalue weighted by Gasteiger charge is 2.08. The quantitative estimate of drug-likeness (QED) is 0.700. The molecule has 0 heterocycles. The number of rotatable bonds is 1. The number of benzene rings is 2. The lowest BCUT2D eigenvalue weighted by atomic mass is 10.0. The molecule has 2 heteroatoms. The second kappa shape index (κ2) is 3.39. The van der Waals surface area contributed by atoms with Gasteiger partial charge in [-0.2, -0.15) is 0 Å². The van der Waals surface area contributed by atoms with E-state index in [0.29, 0.717) is 0 Å². The van der Waals surface area contributed by atoms with Gasteiger partial charge in [-0.3, -0.25) is 4.99 Å². The topological polar surface area (TPSA) is 32.6 Å². The van der Waals surface area contributed by atoms with E-state index < -0.39 is 0 Å². The van der Waals surface area contributed by atoms with Crippen molar-refractivity contribution in [3.05, 3.63) is 35.4 Å². The molecular weight excluding hydrogens is 186 g/mol. The first-order chi connectivity index (χ1) is 7.15. The molecule has 0 unspecified atom stereocenters. The van der Waals surface area contributed by atoms with E-state index in [1.807, 2.05) is 32.0 Å². The summed E-state index contributed by atoms with van der Waals surface area (Å²) in [6.07, 6.45) is 0. The molecule has 0 bridgehead atoms. The SMILES string of the molecule is C=Nc1c(C)ccc2c(C)ccc(O)c12. The number of hydrogen-bond donors (Lipinski definition) is 1. The monoisotopic (exact) mass is 199 g/mol. The summed E-state index contributed by atoms with van der Waals surface area (Å²) in [5.41, 5.74) is 2.93. The molecule has 0 atom stereocenters. The average molecular weight is 199 g/mol.